The standard InChI is InChI=1S/C15H26N2O2/c1-9(2)7-8-11(5)16-15(18)13-12(6)17-19-14(13)10(3)4/h9-11H,7-8H2,1-6H3,(H,16,18). The van der Waals surface area contributed by atoms with Gasteiger partial charge in [0.15, 0.2) is 5.76 Å². The fourth-order valence-corrected chi connectivity index (χ4v) is 2.01. The summed E-state index contributed by atoms with van der Waals surface area (Å²) in [4.78, 5) is 12.3. The molecule has 1 aromatic rings. The molecule has 1 rings (SSSR count). The SMILES string of the molecule is Cc1noc(C(C)C)c1C(=O)NC(C)CCC(C)C. The second kappa shape index (κ2) is 6.73. The van der Waals surface area contributed by atoms with Crippen LogP contribution in [0.2, 0.25) is 0 Å². The predicted octanol–water partition coefficient (Wildman–Crippen LogP) is 3.66. The normalized spacial score (nSPS) is 13.1. The van der Waals surface area contributed by atoms with E-state index in [9.17, 15) is 4.79 Å². The highest BCUT2D eigenvalue weighted by Gasteiger charge is 2.23. The van der Waals surface area contributed by atoms with Gasteiger partial charge < -0.3 is 9.84 Å². The van der Waals surface area contributed by atoms with Gasteiger partial charge in [-0.1, -0.05) is 32.9 Å². The lowest BCUT2D eigenvalue weighted by Crippen LogP contribution is -2.33. The van der Waals surface area contributed by atoms with Crippen molar-refractivity contribution in [1.82, 2.24) is 10.5 Å². The van der Waals surface area contributed by atoms with E-state index in [2.05, 4.69) is 24.3 Å². The number of carbonyl (C=O) groups excluding carboxylic acids is 1. The Morgan fingerprint density at radius 1 is 1.21 bits per heavy atom. The Morgan fingerprint density at radius 3 is 2.37 bits per heavy atom. The Morgan fingerprint density at radius 2 is 1.84 bits per heavy atom. The Hall–Kier alpha value is -1.32. The number of hydrogen-bond donors (Lipinski definition) is 1. The van der Waals surface area contributed by atoms with Gasteiger partial charge in [0.1, 0.15) is 5.56 Å². The average molecular weight is 266 g/mol. The lowest BCUT2D eigenvalue weighted by atomic mass is 10.0. The second-order valence-corrected chi connectivity index (χ2v) is 6.01. The van der Waals surface area contributed by atoms with Crippen LogP contribution in [0, 0.1) is 12.8 Å². The molecule has 4 nitrogen and oxygen atoms in total. The first-order valence-corrected chi connectivity index (χ1v) is 7.10. The van der Waals surface area contributed by atoms with Crippen LogP contribution >= 0.6 is 0 Å². The van der Waals surface area contributed by atoms with Crippen molar-refractivity contribution in [3.63, 3.8) is 0 Å². The summed E-state index contributed by atoms with van der Waals surface area (Å²) in [6.07, 6.45) is 2.10. The summed E-state index contributed by atoms with van der Waals surface area (Å²) in [5.41, 5.74) is 1.27. The summed E-state index contributed by atoms with van der Waals surface area (Å²) in [7, 11) is 0. The third-order valence-electron chi connectivity index (χ3n) is 3.20. The number of hydrogen-bond acceptors (Lipinski definition) is 3. The van der Waals surface area contributed by atoms with Gasteiger partial charge in [0.25, 0.3) is 5.91 Å². The Labute approximate surface area is 115 Å². The number of nitrogens with zero attached hydrogens (tertiary/aromatic N) is 1. The lowest BCUT2D eigenvalue weighted by Gasteiger charge is -2.15. The van der Waals surface area contributed by atoms with Gasteiger partial charge in [0, 0.05) is 12.0 Å². The van der Waals surface area contributed by atoms with Crippen LogP contribution in [0.25, 0.3) is 0 Å². The van der Waals surface area contributed by atoms with Crippen LogP contribution in [0.3, 0.4) is 0 Å². The molecule has 1 atom stereocenters. The van der Waals surface area contributed by atoms with Crippen molar-refractivity contribution < 1.29 is 9.32 Å². The van der Waals surface area contributed by atoms with E-state index in [4.69, 9.17) is 4.52 Å². The molecule has 108 valence electrons. The van der Waals surface area contributed by atoms with Gasteiger partial charge in [-0.15, -0.1) is 0 Å². The van der Waals surface area contributed by atoms with Crippen LogP contribution in [-0.4, -0.2) is 17.1 Å². The molecule has 0 radical (unpaired) electrons. The quantitative estimate of drug-likeness (QED) is 0.854. The van der Waals surface area contributed by atoms with Crippen LogP contribution in [0.1, 0.15) is 75.2 Å². The van der Waals surface area contributed by atoms with Crippen LogP contribution in [0.4, 0.5) is 0 Å². The fraction of sp³-hybridized carbons (Fsp3) is 0.733. The van der Waals surface area contributed by atoms with E-state index >= 15 is 0 Å². The molecule has 1 N–H and O–H groups in total. The van der Waals surface area contributed by atoms with Crippen molar-refractivity contribution in [2.75, 3.05) is 0 Å². The maximum Gasteiger partial charge on any atom is 0.257 e. The molecule has 0 saturated carbocycles. The monoisotopic (exact) mass is 266 g/mol. The van der Waals surface area contributed by atoms with Crippen LogP contribution in [0.15, 0.2) is 4.52 Å². The molecule has 19 heavy (non-hydrogen) atoms. The van der Waals surface area contributed by atoms with E-state index in [1.165, 1.54) is 0 Å². The molecule has 0 aliphatic rings. The number of nitrogens with one attached hydrogen (secondary N) is 1. The number of aryl methyl sites for hydroxylation is 1. The van der Waals surface area contributed by atoms with E-state index in [1.807, 2.05) is 27.7 Å². The largest absolute Gasteiger partial charge is 0.360 e. The first kappa shape index (κ1) is 15.7. The summed E-state index contributed by atoms with van der Waals surface area (Å²) >= 11 is 0. The minimum Gasteiger partial charge on any atom is -0.360 e. The van der Waals surface area contributed by atoms with Gasteiger partial charge in [0.2, 0.25) is 0 Å². The molecule has 0 aliphatic carbocycles. The zero-order valence-corrected chi connectivity index (χ0v) is 12.9. The second-order valence-electron chi connectivity index (χ2n) is 6.01. The zero-order valence-electron chi connectivity index (χ0n) is 12.9. The van der Waals surface area contributed by atoms with Gasteiger partial charge in [0.05, 0.1) is 5.69 Å². The van der Waals surface area contributed by atoms with Crippen LogP contribution < -0.4 is 5.32 Å². The Bertz CT molecular complexity index is 422. The first-order chi connectivity index (χ1) is 8.82. The third kappa shape index (κ3) is 4.37. The number of aromatic nitrogens is 1. The molecule has 0 saturated heterocycles. The van der Waals surface area contributed by atoms with Crippen LogP contribution in [0.5, 0.6) is 0 Å². The Kier molecular flexibility index (Phi) is 5.58. The third-order valence-corrected chi connectivity index (χ3v) is 3.20. The van der Waals surface area contributed by atoms with Gasteiger partial charge in [-0.05, 0) is 32.6 Å². The summed E-state index contributed by atoms with van der Waals surface area (Å²) in [6, 6.07) is 0.171. The van der Waals surface area contributed by atoms with Gasteiger partial charge >= 0.3 is 0 Å². The summed E-state index contributed by atoms with van der Waals surface area (Å²) in [5, 5.41) is 6.94. The first-order valence-electron chi connectivity index (χ1n) is 7.10. The van der Waals surface area contributed by atoms with Crippen molar-refractivity contribution in [1.29, 1.82) is 0 Å². The molecule has 1 heterocycles. The number of amides is 1. The molecule has 0 fully saturated rings. The maximum absolute atomic E-state index is 12.3. The minimum absolute atomic E-state index is 0.0706. The molecule has 0 aromatic carbocycles. The molecule has 1 unspecified atom stereocenters. The van der Waals surface area contributed by atoms with E-state index in [1.54, 1.807) is 0 Å². The summed E-state index contributed by atoms with van der Waals surface area (Å²) < 4.78 is 5.25. The van der Waals surface area contributed by atoms with Crippen molar-refractivity contribution in [2.24, 2.45) is 5.92 Å². The molecule has 0 spiro atoms. The lowest BCUT2D eigenvalue weighted by molar-refractivity contribution is 0.0934. The highest BCUT2D eigenvalue weighted by molar-refractivity contribution is 5.96. The highest BCUT2D eigenvalue weighted by Crippen LogP contribution is 2.22. The smallest absolute Gasteiger partial charge is 0.257 e. The van der Waals surface area contributed by atoms with Crippen molar-refractivity contribution in [2.45, 2.75) is 66.3 Å². The zero-order chi connectivity index (χ0) is 14.6. The number of rotatable bonds is 6. The van der Waals surface area contributed by atoms with E-state index in [0.717, 1.165) is 12.8 Å². The molecule has 0 bridgehead atoms. The fourth-order valence-electron chi connectivity index (χ4n) is 2.01. The number of carbonyl (C=O) groups is 1. The van der Waals surface area contributed by atoms with Crippen molar-refractivity contribution in [3.8, 4) is 0 Å². The molecule has 4 heteroatoms. The predicted molar refractivity (Wildman–Crippen MR) is 76.3 cm³/mol. The van der Waals surface area contributed by atoms with Crippen molar-refractivity contribution >= 4 is 5.91 Å². The van der Waals surface area contributed by atoms with E-state index < -0.39 is 0 Å². The highest BCUT2D eigenvalue weighted by atomic mass is 16.5. The molecular formula is C15H26N2O2. The molecule has 1 amide bonds. The molecule has 1 aromatic heterocycles. The summed E-state index contributed by atoms with van der Waals surface area (Å²) in [6.45, 7) is 12.2. The van der Waals surface area contributed by atoms with Crippen molar-refractivity contribution in [3.05, 3.63) is 17.0 Å². The molecular weight excluding hydrogens is 240 g/mol. The maximum atomic E-state index is 12.3. The summed E-state index contributed by atoms with van der Waals surface area (Å²) in [5.74, 6) is 1.42. The van der Waals surface area contributed by atoms with Gasteiger partial charge in [-0.2, -0.15) is 0 Å². The Balaban J connectivity index is 2.70. The average Bonchev–Trinajstić information content (AvgIpc) is 2.68. The van der Waals surface area contributed by atoms with Crippen LogP contribution in [-0.2, 0) is 0 Å². The van der Waals surface area contributed by atoms with Gasteiger partial charge in [-0.3, -0.25) is 4.79 Å². The van der Waals surface area contributed by atoms with E-state index in [0.29, 0.717) is 22.9 Å². The topological polar surface area (TPSA) is 55.1 Å². The van der Waals surface area contributed by atoms with Gasteiger partial charge in [-0.25, -0.2) is 0 Å². The minimum atomic E-state index is -0.0706. The van der Waals surface area contributed by atoms with E-state index in [-0.39, 0.29) is 17.9 Å². The molecule has 0 aliphatic heterocycles.